The Morgan fingerprint density at radius 3 is 2.38 bits per heavy atom. The van der Waals surface area contributed by atoms with E-state index in [0.29, 0.717) is 17.6 Å². The predicted molar refractivity (Wildman–Crippen MR) is 67.6 cm³/mol. The summed E-state index contributed by atoms with van der Waals surface area (Å²) in [6, 6.07) is 0.715. The van der Waals surface area contributed by atoms with E-state index in [9.17, 15) is 0 Å². The molecule has 1 N–H and O–H groups in total. The SMILES string of the molecule is CCNC1CC(OC(C)(C)C)C12CCCC2. The highest BCUT2D eigenvalue weighted by atomic mass is 16.5. The fraction of sp³-hybridized carbons (Fsp3) is 1.00. The predicted octanol–water partition coefficient (Wildman–Crippen LogP) is 3.11. The molecule has 0 saturated heterocycles. The highest BCUT2D eigenvalue weighted by Gasteiger charge is 2.57. The molecule has 0 radical (unpaired) electrons. The Morgan fingerprint density at radius 2 is 1.88 bits per heavy atom. The Balaban J connectivity index is 2.01. The van der Waals surface area contributed by atoms with Gasteiger partial charge in [0, 0.05) is 11.5 Å². The Labute approximate surface area is 100 Å². The van der Waals surface area contributed by atoms with Gasteiger partial charge in [0.05, 0.1) is 11.7 Å². The molecular weight excluding hydrogens is 198 g/mol. The Morgan fingerprint density at radius 1 is 1.25 bits per heavy atom. The van der Waals surface area contributed by atoms with Crippen LogP contribution in [0.2, 0.25) is 0 Å². The molecule has 2 saturated carbocycles. The summed E-state index contributed by atoms with van der Waals surface area (Å²) in [5.41, 5.74) is 0.487. The first-order valence-electron chi connectivity index (χ1n) is 6.89. The average molecular weight is 225 g/mol. The highest BCUT2D eigenvalue weighted by molar-refractivity contribution is 5.10. The third-order valence-electron chi connectivity index (χ3n) is 4.27. The molecule has 0 aliphatic heterocycles. The maximum Gasteiger partial charge on any atom is 0.0668 e. The number of rotatable bonds is 3. The van der Waals surface area contributed by atoms with Gasteiger partial charge in [0.15, 0.2) is 0 Å². The van der Waals surface area contributed by atoms with Crippen LogP contribution in [0.5, 0.6) is 0 Å². The van der Waals surface area contributed by atoms with Crippen LogP contribution in [0.3, 0.4) is 0 Å². The van der Waals surface area contributed by atoms with E-state index in [1.165, 1.54) is 32.1 Å². The van der Waals surface area contributed by atoms with Crippen LogP contribution in [0.25, 0.3) is 0 Å². The molecule has 0 amide bonds. The summed E-state index contributed by atoms with van der Waals surface area (Å²) < 4.78 is 6.25. The zero-order valence-corrected chi connectivity index (χ0v) is 11.3. The van der Waals surface area contributed by atoms with Crippen LogP contribution in [0.15, 0.2) is 0 Å². The third kappa shape index (κ3) is 2.14. The second-order valence-corrected chi connectivity index (χ2v) is 6.51. The van der Waals surface area contributed by atoms with Crippen LogP contribution in [0, 0.1) is 5.41 Å². The third-order valence-corrected chi connectivity index (χ3v) is 4.27. The molecule has 1 spiro atoms. The van der Waals surface area contributed by atoms with Gasteiger partial charge < -0.3 is 10.1 Å². The van der Waals surface area contributed by atoms with Gasteiger partial charge >= 0.3 is 0 Å². The minimum atomic E-state index is 0.0114. The van der Waals surface area contributed by atoms with Crippen molar-refractivity contribution in [3.05, 3.63) is 0 Å². The summed E-state index contributed by atoms with van der Waals surface area (Å²) in [4.78, 5) is 0. The van der Waals surface area contributed by atoms with Crippen molar-refractivity contribution >= 4 is 0 Å². The monoisotopic (exact) mass is 225 g/mol. The summed E-state index contributed by atoms with van der Waals surface area (Å²) >= 11 is 0. The molecule has 2 nitrogen and oxygen atoms in total. The first-order chi connectivity index (χ1) is 7.48. The standard InChI is InChI=1S/C14H27NO/c1-5-15-11-10-12(16-13(2,3)4)14(11)8-6-7-9-14/h11-12,15H,5-10H2,1-4H3. The van der Waals surface area contributed by atoms with E-state index in [2.05, 4.69) is 33.0 Å². The second kappa shape index (κ2) is 4.30. The summed E-state index contributed by atoms with van der Waals surface area (Å²) in [6.45, 7) is 9.83. The van der Waals surface area contributed by atoms with E-state index in [1.54, 1.807) is 0 Å². The van der Waals surface area contributed by atoms with E-state index < -0.39 is 0 Å². The lowest BCUT2D eigenvalue weighted by molar-refractivity contribution is -0.184. The lowest BCUT2D eigenvalue weighted by Crippen LogP contribution is -2.63. The van der Waals surface area contributed by atoms with Crippen LogP contribution in [0.1, 0.15) is 59.8 Å². The van der Waals surface area contributed by atoms with Crippen LogP contribution < -0.4 is 5.32 Å². The van der Waals surface area contributed by atoms with Gasteiger partial charge in [-0.05, 0) is 46.6 Å². The fourth-order valence-electron chi connectivity index (χ4n) is 3.58. The second-order valence-electron chi connectivity index (χ2n) is 6.51. The van der Waals surface area contributed by atoms with Gasteiger partial charge in [-0.25, -0.2) is 0 Å². The van der Waals surface area contributed by atoms with Crippen molar-refractivity contribution in [1.29, 1.82) is 0 Å². The molecule has 2 atom stereocenters. The Bertz CT molecular complexity index is 238. The number of ether oxygens (including phenoxy) is 1. The molecule has 2 fully saturated rings. The molecule has 0 aromatic heterocycles. The molecule has 2 rings (SSSR count). The van der Waals surface area contributed by atoms with E-state index in [4.69, 9.17) is 4.74 Å². The van der Waals surface area contributed by atoms with Crippen molar-refractivity contribution in [3.63, 3.8) is 0 Å². The summed E-state index contributed by atoms with van der Waals surface area (Å²) in [7, 11) is 0. The lowest BCUT2D eigenvalue weighted by Gasteiger charge is -2.56. The molecule has 0 heterocycles. The fourth-order valence-corrected chi connectivity index (χ4v) is 3.58. The number of hydrogen-bond donors (Lipinski definition) is 1. The summed E-state index contributed by atoms with van der Waals surface area (Å²) in [5.74, 6) is 0. The van der Waals surface area contributed by atoms with Crippen molar-refractivity contribution < 1.29 is 4.74 Å². The van der Waals surface area contributed by atoms with Crippen LogP contribution >= 0.6 is 0 Å². The van der Waals surface area contributed by atoms with Crippen molar-refractivity contribution in [2.75, 3.05) is 6.54 Å². The minimum absolute atomic E-state index is 0.0114. The molecule has 0 aromatic carbocycles. The van der Waals surface area contributed by atoms with Crippen molar-refractivity contribution in [1.82, 2.24) is 5.32 Å². The molecular formula is C14H27NO. The lowest BCUT2D eigenvalue weighted by atomic mass is 9.60. The first-order valence-corrected chi connectivity index (χ1v) is 6.89. The van der Waals surface area contributed by atoms with E-state index in [0.717, 1.165) is 6.54 Å². The van der Waals surface area contributed by atoms with Gasteiger partial charge in [0.25, 0.3) is 0 Å². The van der Waals surface area contributed by atoms with Crippen LogP contribution in [0.4, 0.5) is 0 Å². The normalized spacial score (nSPS) is 33.0. The zero-order valence-electron chi connectivity index (χ0n) is 11.3. The van der Waals surface area contributed by atoms with Gasteiger partial charge in [0.2, 0.25) is 0 Å². The van der Waals surface area contributed by atoms with Gasteiger partial charge in [-0.2, -0.15) is 0 Å². The molecule has 16 heavy (non-hydrogen) atoms. The molecule has 2 heteroatoms. The van der Waals surface area contributed by atoms with E-state index >= 15 is 0 Å². The van der Waals surface area contributed by atoms with Gasteiger partial charge in [-0.15, -0.1) is 0 Å². The topological polar surface area (TPSA) is 21.3 Å². The van der Waals surface area contributed by atoms with Gasteiger partial charge in [0.1, 0.15) is 0 Å². The zero-order chi connectivity index (χ0) is 11.8. The van der Waals surface area contributed by atoms with Crippen LogP contribution in [-0.2, 0) is 4.74 Å². The highest BCUT2D eigenvalue weighted by Crippen LogP contribution is 2.55. The maximum absolute atomic E-state index is 6.25. The van der Waals surface area contributed by atoms with Crippen LogP contribution in [-0.4, -0.2) is 24.3 Å². The van der Waals surface area contributed by atoms with Crippen molar-refractivity contribution in [3.8, 4) is 0 Å². The molecule has 94 valence electrons. The molecule has 0 aromatic rings. The molecule has 2 aliphatic carbocycles. The van der Waals surface area contributed by atoms with E-state index in [-0.39, 0.29) is 5.60 Å². The van der Waals surface area contributed by atoms with Gasteiger partial charge in [-0.3, -0.25) is 0 Å². The number of nitrogens with one attached hydrogen (secondary N) is 1. The Hall–Kier alpha value is -0.0800. The quantitative estimate of drug-likeness (QED) is 0.797. The van der Waals surface area contributed by atoms with Crippen molar-refractivity contribution in [2.24, 2.45) is 5.41 Å². The smallest absolute Gasteiger partial charge is 0.0668 e. The largest absolute Gasteiger partial charge is 0.372 e. The van der Waals surface area contributed by atoms with Gasteiger partial charge in [-0.1, -0.05) is 19.8 Å². The number of hydrogen-bond acceptors (Lipinski definition) is 2. The molecule has 2 unspecified atom stereocenters. The minimum Gasteiger partial charge on any atom is -0.372 e. The Kier molecular flexibility index (Phi) is 3.33. The molecule has 0 bridgehead atoms. The summed E-state index contributed by atoms with van der Waals surface area (Å²) in [6.07, 6.45) is 7.23. The van der Waals surface area contributed by atoms with E-state index in [1.807, 2.05) is 0 Å². The first kappa shape index (κ1) is 12.4. The summed E-state index contributed by atoms with van der Waals surface area (Å²) in [5, 5.41) is 3.65. The molecule has 2 aliphatic rings. The average Bonchev–Trinajstić information content (AvgIpc) is 2.65. The maximum atomic E-state index is 6.25. The van der Waals surface area contributed by atoms with Crippen molar-refractivity contribution in [2.45, 2.75) is 77.5 Å².